The molecule has 1 aliphatic heterocycles. The van der Waals surface area contributed by atoms with Gasteiger partial charge in [0.1, 0.15) is 6.61 Å². The van der Waals surface area contributed by atoms with E-state index in [0.717, 1.165) is 22.3 Å². The maximum Gasteiger partial charge on any atom is 0.410 e. The van der Waals surface area contributed by atoms with Gasteiger partial charge in [0, 0.05) is 12.5 Å². The molecule has 1 N–H and O–H groups in total. The van der Waals surface area contributed by atoms with Crippen LogP contribution in [0.3, 0.4) is 0 Å². The number of carboxylic acids is 1. The molecule has 8 heteroatoms. The number of carbonyl (C=O) groups excluding carboxylic acids is 1. The minimum absolute atomic E-state index is 0.0771. The van der Waals surface area contributed by atoms with E-state index in [0.29, 0.717) is 16.7 Å². The third-order valence-electron chi connectivity index (χ3n) is 5.76. The molecule has 2 heterocycles. The molecule has 1 aliphatic carbocycles. The van der Waals surface area contributed by atoms with Crippen molar-refractivity contribution in [2.75, 3.05) is 13.2 Å². The van der Waals surface area contributed by atoms with Gasteiger partial charge < -0.3 is 9.84 Å². The molecule has 0 spiro atoms. The Morgan fingerprint density at radius 2 is 1.70 bits per heavy atom. The zero-order chi connectivity index (χ0) is 20.8. The molecular weight excluding hydrogens is 450 g/mol. The van der Waals surface area contributed by atoms with Crippen LogP contribution in [0.5, 0.6) is 0 Å². The lowest BCUT2D eigenvalue weighted by molar-refractivity contribution is -0.144. The van der Waals surface area contributed by atoms with Crippen LogP contribution in [-0.4, -0.2) is 45.0 Å². The van der Waals surface area contributed by atoms with Gasteiger partial charge in [0.15, 0.2) is 6.04 Å². The monoisotopic (exact) mass is 467 g/mol. The van der Waals surface area contributed by atoms with Gasteiger partial charge in [0.05, 0.1) is 22.9 Å². The topological polar surface area (TPSA) is 84.7 Å². The number of aliphatic carboxylic acids is 1. The van der Waals surface area contributed by atoms with Crippen molar-refractivity contribution in [1.82, 2.24) is 14.7 Å². The highest BCUT2D eigenvalue weighted by molar-refractivity contribution is 9.10. The number of rotatable bonds is 3. The second-order valence-electron chi connectivity index (χ2n) is 7.34. The van der Waals surface area contributed by atoms with Crippen molar-refractivity contribution >= 4 is 28.0 Å². The van der Waals surface area contributed by atoms with E-state index < -0.39 is 18.1 Å². The molecule has 0 bridgehead atoms. The minimum atomic E-state index is -1.15. The Balaban J connectivity index is 1.39. The van der Waals surface area contributed by atoms with E-state index in [1.54, 1.807) is 10.9 Å². The maximum atomic E-state index is 12.9. The van der Waals surface area contributed by atoms with E-state index in [2.05, 4.69) is 33.2 Å². The molecule has 1 unspecified atom stereocenters. The fourth-order valence-corrected chi connectivity index (χ4v) is 4.94. The lowest BCUT2D eigenvalue weighted by atomic mass is 9.98. The lowest BCUT2D eigenvalue weighted by Crippen LogP contribution is -2.46. The van der Waals surface area contributed by atoms with E-state index in [4.69, 9.17) is 4.74 Å². The summed E-state index contributed by atoms with van der Waals surface area (Å²) in [6.07, 6.45) is 0.913. The molecule has 152 valence electrons. The molecule has 3 aromatic rings. The van der Waals surface area contributed by atoms with Crippen molar-refractivity contribution in [2.45, 2.75) is 18.5 Å². The molecule has 1 aromatic heterocycles. The van der Waals surface area contributed by atoms with Gasteiger partial charge in [-0.3, -0.25) is 9.58 Å². The molecule has 7 nitrogen and oxygen atoms in total. The fraction of sp³-hybridized carbons (Fsp3) is 0.227. The molecule has 0 fully saturated rings. The van der Waals surface area contributed by atoms with Crippen molar-refractivity contribution < 1.29 is 19.4 Å². The standard InChI is InChI=1S/C22H18BrN3O4/c23-18-11-24-26-10-9-25(20(19(18)26)21(27)28)22(29)30-12-17-15-7-3-1-5-13(15)14-6-2-4-8-16(14)17/h1-8,11,17,20H,9-10,12H2,(H,27,28). The molecule has 30 heavy (non-hydrogen) atoms. The van der Waals surface area contributed by atoms with E-state index >= 15 is 0 Å². The number of benzene rings is 2. The predicted molar refractivity (Wildman–Crippen MR) is 112 cm³/mol. The number of hydrogen-bond acceptors (Lipinski definition) is 4. The number of ether oxygens (including phenoxy) is 1. The van der Waals surface area contributed by atoms with Gasteiger partial charge in [-0.2, -0.15) is 5.10 Å². The van der Waals surface area contributed by atoms with Crippen LogP contribution in [0.25, 0.3) is 11.1 Å². The highest BCUT2D eigenvalue weighted by atomic mass is 79.9. The molecule has 2 aromatic carbocycles. The van der Waals surface area contributed by atoms with Gasteiger partial charge in [0.2, 0.25) is 0 Å². The van der Waals surface area contributed by atoms with Crippen molar-refractivity contribution in [3.8, 4) is 11.1 Å². The van der Waals surface area contributed by atoms with Crippen LogP contribution >= 0.6 is 15.9 Å². The Bertz CT molecular complexity index is 1110. The molecule has 1 atom stereocenters. The van der Waals surface area contributed by atoms with Crippen LogP contribution in [0.4, 0.5) is 4.79 Å². The Hall–Kier alpha value is -3.13. The maximum absolute atomic E-state index is 12.9. The number of carboxylic acid groups (broad SMARTS) is 1. The largest absolute Gasteiger partial charge is 0.479 e. The molecule has 0 saturated carbocycles. The second-order valence-corrected chi connectivity index (χ2v) is 8.19. The van der Waals surface area contributed by atoms with E-state index in [1.807, 2.05) is 36.4 Å². The summed E-state index contributed by atoms with van der Waals surface area (Å²) >= 11 is 3.34. The first kappa shape index (κ1) is 18.9. The number of nitrogens with zero attached hydrogens (tertiary/aromatic N) is 3. The summed E-state index contributed by atoms with van der Waals surface area (Å²) < 4.78 is 7.84. The summed E-state index contributed by atoms with van der Waals surface area (Å²) in [4.78, 5) is 26.2. The Morgan fingerprint density at radius 1 is 1.07 bits per heavy atom. The van der Waals surface area contributed by atoms with E-state index in [-0.39, 0.29) is 19.1 Å². The molecule has 0 saturated heterocycles. The van der Waals surface area contributed by atoms with Crippen molar-refractivity contribution in [3.05, 3.63) is 76.0 Å². The number of aromatic nitrogens is 2. The summed E-state index contributed by atoms with van der Waals surface area (Å²) in [5.74, 6) is -1.20. The molecule has 1 amide bonds. The van der Waals surface area contributed by atoms with Crippen molar-refractivity contribution in [2.24, 2.45) is 0 Å². The summed E-state index contributed by atoms with van der Waals surface area (Å²) in [6, 6.07) is 15.0. The zero-order valence-corrected chi connectivity index (χ0v) is 17.4. The average molecular weight is 468 g/mol. The highest BCUT2D eigenvalue weighted by Crippen LogP contribution is 2.44. The van der Waals surface area contributed by atoms with Gasteiger partial charge in [-0.1, -0.05) is 48.5 Å². The quantitative estimate of drug-likeness (QED) is 0.628. The summed E-state index contributed by atoms with van der Waals surface area (Å²) in [7, 11) is 0. The van der Waals surface area contributed by atoms with Crippen LogP contribution < -0.4 is 0 Å². The summed E-state index contributed by atoms with van der Waals surface area (Å²) in [5.41, 5.74) is 4.95. The van der Waals surface area contributed by atoms with Crippen molar-refractivity contribution in [3.63, 3.8) is 0 Å². The van der Waals surface area contributed by atoms with Crippen LogP contribution in [0.15, 0.2) is 59.2 Å². The molecular formula is C22H18BrN3O4. The smallest absolute Gasteiger partial charge is 0.410 e. The Kier molecular flexibility index (Phi) is 4.58. The Labute approximate surface area is 181 Å². The lowest BCUT2D eigenvalue weighted by Gasteiger charge is -2.33. The van der Waals surface area contributed by atoms with Crippen molar-refractivity contribution in [1.29, 1.82) is 0 Å². The third kappa shape index (κ3) is 2.90. The van der Waals surface area contributed by atoms with Gasteiger partial charge in [-0.15, -0.1) is 0 Å². The van der Waals surface area contributed by atoms with E-state index in [1.165, 1.54) is 4.90 Å². The van der Waals surface area contributed by atoms with Crippen LogP contribution in [0.1, 0.15) is 28.8 Å². The number of hydrogen-bond donors (Lipinski definition) is 1. The number of fused-ring (bicyclic) bond motifs is 4. The molecule has 2 aliphatic rings. The molecule has 5 rings (SSSR count). The van der Waals surface area contributed by atoms with Crippen LogP contribution in [0.2, 0.25) is 0 Å². The summed E-state index contributed by atoms with van der Waals surface area (Å²) in [5, 5.41) is 13.9. The van der Waals surface area contributed by atoms with Crippen LogP contribution in [-0.2, 0) is 16.1 Å². The zero-order valence-electron chi connectivity index (χ0n) is 15.9. The Morgan fingerprint density at radius 3 is 2.33 bits per heavy atom. The average Bonchev–Trinajstić information content (AvgIpc) is 3.29. The predicted octanol–water partition coefficient (Wildman–Crippen LogP) is 4.04. The van der Waals surface area contributed by atoms with Gasteiger partial charge in [-0.05, 0) is 38.2 Å². The van der Waals surface area contributed by atoms with Gasteiger partial charge in [-0.25, -0.2) is 9.59 Å². The summed E-state index contributed by atoms with van der Waals surface area (Å²) in [6.45, 7) is 0.778. The normalized spacial score (nSPS) is 17.2. The molecule has 0 radical (unpaired) electrons. The fourth-order valence-electron chi connectivity index (χ4n) is 4.43. The van der Waals surface area contributed by atoms with Crippen LogP contribution in [0, 0.1) is 0 Å². The first-order valence-electron chi connectivity index (χ1n) is 9.62. The number of halogens is 1. The minimum Gasteiger partial charge on any atom is -0.479 e. The SMILES string of the molecule is O=C(O)C1c2c(Br)cnn2CCN1C(=O)OCC1c2ccccc2-c2ccccc21. The van der Waals surface area contributed by atoms with E-state index in [9.17, 15) is 14.7 Å². The highest BCUT2D eigenvalue weighted by Gasteiger charge is 2.40. The number of carbonyl (C=O) groups is 2. The van der Waals surface area contributed by atoms with Gasteiger partial charge in [0.25, 0.3) is 0 Å². The number of amides is 1. The first-order valence-corrected chi connectivity index (χ1v) is 10.4. The first-order chi connectivity index (χ1) is 14.6. The van der Waals surface area contributed by atoms with Gasteiger partial charge >= 0.3 is 12.1 Å². The third-order valence-corrected chi connectivity index (χ3v) is 6.37. The second kappa shape index (κ2) is 7.28.